The number of carbonyl (C=O) groups excluding carboxylic acids is 2. The molecule has 2 heterocycles. The number of aryl methyl sites for hydroxylation is 1. The highest BCUT2D eigenvalue weighted by Crippen LogP contribution is 2.23. The SMILES string of the molecule is Cc1cc(C(=O)N2CCCCC2C)ccc1NC(=O)C(N)C1CCOCC1.Cl. The van der Waals surface area contributed by atoms with Gasteiger partial charge in [-0.25, -0.2) is 0 Å². The van der Waals surface area contributed by atoms with Gasteiger partial charge >= 0.3 is 0 Å². The Morgan fingerprint density at radius 1 is 1.21 bits per heavy atom. The molecule has 0 radical (unpaired) electrons. The van der Waals surface area contributed by atoms with Crippen molar-refractivity contribution < 1.29 is 14.3 Å². The molecular weight excluding hydrogens is 378 g/mol. The molecular formula is C21H32ClN3O3. The van der Waals surface area contributed by atoms with E-state index in [-0.39, 0.29) is 36.2 Å². The molecule has 0 spiro atoms. The second kappa shape index (κ2) is 10.2. The minimum Gasteiger partial charge on any atom is -0.381 e. The number of hydrogen-bond donors (Lipinski definition) is 2. The van der Waals surface area contributed by atoms with E-state index < -0.39 is 6.04 Å². The highest BCUT2D eigenvalue weighted by atomic mass is 35.5. The van der Waals surface area contributed by atoms with E-state index in [0.29, 0.717) is 24.5 Å². The topological polar surface area (TPSA) is 84.7 Å². The molecule has 0 aliphatic carbocycles. The van der Waals surface area contributed by atoms with Gasteiger partial charge in [-0.15, -0.1) is 12.4 Å². The second-order valence-corrected chi connectivity index (χ2v) is 7.84. The molecule has 1 aromatic rings. The molecule has 0 saturated carbocycles. The third kappa shape index (κ3) is 5.25. The van der Waals surface area contributed by atoms with Crippen molar-refractivity contribution in [1.82, 2.24) is 4.90 Å². The van der Waals surface area contributed by atoms with E-state index in [1.54, 1.807) is 6.07 Å². The first-order valence-electron chi connectivity index (χ1n) is 10.0. The van der Waals surface area contributed by atoms with Gasteiger partial charge in [-0.2, -0.15) is 0 Å². The van der Waals surface area contributed by atoms with Gasteiger partial charge in [-0.05, 0) is 75.6 Å². The van der Waals surface area contributed by atoms with Crippen LogP contribution in [0.3, 0.4) is 0 Å². The zero-order valence-electron chi connectivity index (χ0n) is 16.8. The molecule has 0 aromatic heterocycles. The van der Waals surface area contributed by atoms with E-state index in [2.05, 4.69) is 12.2 Å². The van der Waals surface area contributed by atoms with E-state index >= 15 is 0 Å². The minimum atomic E-state index is -0.538. The summed E-state index contributed by atoms with van der Waals surface area (Å²) >= 11 is 0. The molecule has 2 aliphatic heterocycles. The van der Waals surface area contributed by atoms with Crippen LogP contribution in [0.4, 0.5) is 5.69 Å². The summed E-state index contributed by atoms with van der Waals surface area (Å²) in [6.07, 6.45) is 4.93. The Balaban J connectivity index is 0.00000280. The maximum absolute atomic E-state index is 12.8. The van der Waals surface area contributed by atoms with Gasteiger partial charge < -0.3 is 20.7 Å². The molecule has 0 bridgehead atoms. The monoisotopic (exact) mass is 409 g/mol. The van der Waals surface area contributed by atoms with Gasteiger partial charge in [0.1, 0.15) is 0 Å². The van der Waals surface area contributed by atoms with Crippen LogP contribution in [0.1, 0.15) is 54.9 Å². The molecule has 6 nitrogen and oxygen atoms in total. The number of nitrogens with two attached hydrogens (primary N) is 1. The van der Waals surface area contributed by atoms with Crippen LogP contribution in [0.25, 0.3) is 0 Å². The van der Waals surface area contributed by atoms with Crippen molar-refractivity contribution >= 4 is 29.9 Å². The lowest BCUT2D eigenvalue weighted by molar-refractivity contribution is -0.119. The lowest BCUT2D eigenvalue weighted by Crippen LogP contribution is -2.44. The van der Waals surface area contributed by atoms with Gasteiger partial charge in [0.05, 0.1) is 6.04 Å². The molecule has 2 atom stereocenters. The summed E-state index contributed by atoms with van der Waals surface area (Å²) in [6.45, 7) is 6.16. The van der Waals surface area contributed by atoms with Gasteiger partial charge in [-0.1, -0.05) is 0 Å². The predicted molar refractivity (Wildman–Crippen MR) is 113 cm³/mol. The van der Waals surface area contributed by atoms with Crippen molar-refractivity contribution in [2.45, 2.75) is 58.0 Å². The molecule has 3 N–H and O–H groups in total. The maximum atomic E-state index is 12.8. The molecule has 2 aliphatic rings. The number of nitrogens with one attached hydrogen (secondary N) is 1. The summed E-state index contributed by atoms with van der Waals surface area (Å²) in [5.74, 6) is 0.0521. The standard InChI is InChI=1S/C21H31N3O3.ClH/c1-14-13-17(21(26)24-10-4-3-5-15(24)2)6-7-18(14)23-20(25)19(22)16-8-11-27-12-9-16;/h6-7,13,15-16,19H,3-5,8-12,22H2,1-2H3,(H,23,25);1H. The fourth-order valence-electron chi connectivity index (χ4n) is 4.01. The minimum absolute atomic E-state index is 0. The van der Waals surface area contributed by atoms with Crippen molar-refractivity contribution in [2.75, 3.05) is 25.1 Å². The molecule has 2 fully saturated rings. The number of piperidine rings is 1. The summed E-state index contributed by atoms with van der Waals surface area (Å²) in [5.41, 5.74) is 8.41. The Morgan fingerprint density at radius 2 is 1.93 bits per heavy atom. The lowest BCUT2D eigenvalue weighted by atomic mass is 9.91. The number of hydrogen-bond acceptors (Lipinski definition) is 4. The van der Waals surface area contributed by atoms with E-state index in [0.717, 1.165) is 37.8 Å². The van der Waals surface area contributed by atoms with Gasteiger partial charge in [0.2, 0.25) is 5.91 Å². The molecule has 7 heteroatoms. The van der Waals surface area contributed by atoms with E-state index in [1.165, 1.54) is 6.42 Å². The number of nitrogens with zero attached hydrogens (tertiary/aromatic N) is 1. The maximum Gasteiger partial charge on any atom is 0.254 e. The van der Waals surface area contributed by atoms with Crippen LogP contribution in [0.15, 0.2) is 18.2 Å². The van der Waals surface area contributed by atoms with Crippen LogP contribution < -0.4 is 11.1 Å². The number of rotatable bonds is 4. The largest absolute Gasteiger partial charge is 0.381 e. The number of halogens is 1. The fraction of sp³-hybridized carbons (Fsp3) is 0.619. The molecule has 2 amide bonds. The van der Waals surface area contributed by atoms with Crippen LogP contribution in [-0.4, -0.2) is 48.6 Å². The first-order valence-corrected chi connectivity index (χ1v) is 10.0. The Bertz CT molecular complexity index is 691. The van der Waals surface area contributed by atoms with Gasteiger partial charge in [0, 0.05) is 37.1 Å². The first-order chi connectivity index (χ1) is 13.0. The van der Waals surface area contributed by atoms with Gasteiger partial charge in [0.25, 0.3) is 5.91 Å². The van der Waals surface area contributed by atoms with Crippen molar-refractivity contribution in [3.8, 4) is 0 Å². The summed E-state index contributed by atoms with van der Waals surface area (Å²) in [7, 11) is 0. The lowest BCUT2D eigenvalue weighted by Gasteiger charge is -2.33. The van der Waals surface area contributed by atoms with E-state index in [1.807, 2.05) is 24.0 Å². The molecule has 28 heavy (non-hydrogen) atoms. The highest BCUT2D eigenvalue weighted by Gasteiger charge is 2.27. The molecule has 156 valence electrons. The first kappa shape index (κ1) is 22.7. The number of likely N-dealkylation sites (tertiary alicyclic amines) is 1. The molecule has 3 rings (SSSR count). The summed E-state index contributed by atoms with van der Waals surface area (Å²) < 4.78 is 5.34. The van der Waals surface area contributed by atoms with Crippen molar-refractivity contribution in [3.05, 3.63) is 29.3 Å². The Morgan fingerprint density at radius 3 is 2.57 bits per heavy atom. The Labute approximate surface area is 173 Å². The number of carbonyl (C=O) groups is 2. The summed E-state index contributed by atoms with van der Waals surface area (Å²) in [5, 5.41) is 2.93. The van der Waals surface area contributed by atoms with Crippen molar-refractivity contribution in [1.29, 1.82) is 0 Å². The van der Waals surface area contributed by atoms with Gasteiger partial charge in [0.15, 0.2) is 0 Å². The van der Waals surface area contributed by atoms with E-state index in [9.17, 15) is 9.59 Å². The zero-order valence-corrected chi connectivity index (χ0v) is 17.6. The number of benzene rings is 1. The highest BCUT2D eigenvalue weighted by molar-refractivity contribution is 5.98. The third-order valence-corrected chi connectivity index (χ3v) is 5.87. The quantitative estimate of drug-likeness (QED) is 0.800. The number of ether oxygens (including phenoxy) is 1. The normalized spacial score (nSPS) is 21.5. The molecule has 1 aromatic carbocycles. The van der Waals surface area contributed by atoms with Crippen LogP contribution in [0.2, 0.25) is 0 Å². The van der Waals surface area contributed by atoms with E-state index in [4.69, 9.17) is 10.5 Å². The Hall–Kier alpha value is -1.63. The second-order valence-electron chi connectivity index (χ2n) is 7.84. The summed E-state index contributed by atoms with van der Waals surface area (Å²) in [6, 6.07) is 5.21. The van der Waals surface area contributed by atoms with Crippen LogP contribution >= 0.6 is 12.4 Å². The van der Waals surface area contributed by atoms with Crippen LogP contribution in [0.5, 0.6) is 0 Å². The predicted octanol–water partition coefficient (Wildman–Crippen LogP) is 3.12. The fourth-order valence-corrected chi connectivity index (χ4v) is 4.01. The van der Waals surface area contributed by atoms with Crippen LogP contribution in [0, 0.1) is 12.8 Å². The number of amides is 2. The molecule has 2 saturated heterocycles. The summed E-state index contributed by atoms with van der Waals surface area (Å²) in [4.78, 5) is 27.3. The molecule has 2 unspecified atom stereocenters. The average Bonchev–Trinajstić information content (AvgIpc) is 2.69. The average molecular weight is 410 g/mol. The third-order valence-electron chi connectivity index (χ3n) is 5.87. The smallest absolute Gasteiger partial charge is 0.254 e. The van der Waals surface area contributed by atoms with Crippen LogP contribution in [-0.2, 0) is 9.53 Å². The Kier molecular flexibility index (Phi) is 8.28. The number of anilines is 1. The van der Waals surface area contributed by atoms with Crippen molar-refractivity contribution in [2.24, 2.45) is 11.7 Å². The van der Waals surface area contributed by atoms with Gasteiger partial charge in [-0.3, -0.25) is 9.59 Å². The zero-order chi connectivity index (χ0) is 19.4. The van der Waals surface area contributed by atoms with Crippen molar-refractivity contribution in [3.63, 3.8) is 0 Å².